The Hall–Kier alpha value is -3.15. The van der Waals surface area contributed by atoms with Gasteiger partial charge in [-0.1, -0.05) is 119 Å². The van der Waals surface area contributed by atoms with Crippen molar-refractivity contribution in [1.82, 2.24) is 0 Å². The van der Waals surface area contributed by atoms with Gasteiger partial charge in [0.1, 0.15) is 5.75 Å². The molecule has 0 radical (unpaired) electrons. The van der Waals surface area contributed by atoms with Gasteiger partial charge in [-0.25, -0.2) is 4.79 Å². The minimum absolute atomic E-state index is 0.0256. The van der Waals surface area contributed by atoms with Gasteiger partial charge in [0.2, 0.25) is 0 Å². The molecule has 3 aromatic rings. The molecular weight excluding hydrogens is 573 g/mol. The summed E-state index contributed by atoms with van der Waals surface area (Å²) < 4.78 is 11.1. The average molecular weight is 627 g/mol. The van der Waals surface area contributed by atoms with Crippen LogP contribution in [-0.4, -0.2) is 39.0 Å². The largest absolute Gasteiger partial charge is 0.494 e. The lowest BCUT2D eigenvalue weighted by molar-refractivity contribution is -0.140. The Kier molecular flexibility index (Phi) is 13.1. The molecule has 45 heavy (non-hydrogen) atoms. The summed E-state index contributed by atoms with van der Waals surface area (Å²) in [4.78, 5) is 11.6. The van der Waals surface area contributed by atoms with E-state index in [9.17, 15) is 9.90 Å². The summed E-state index contributed by atoms with van der Waals surface area (Å²) in [7, 11) is -1.09. The first-order valence-electron chi connectivity index (χ1n) is 17.1. The highest BCUT2D eigenvalue weighted by atomic mass is 28.3. The van der Waals surface area contributed by atoms with Gasteiger partial charge in [-0.05, 0) is 84.0 Å². The fraction of sp³-hybridized carbons (Fsp3) is 0.475. The van der Waals surface area contributed by atoms with E-state index in [1.807, 2.05) is 12.1 Å². The summed E-state index contributed by atoms with van der Waals surface area (Å²) in [5, 5.41) is 9.57. The van der Waals surface area contributed by atoms with E-state index < -0.39 is 14.0 Å². The van der Waals surface area contributed by atoms with Gasteiger partial charge in [0, 0.05) is 18.1 Å². The Labute approximate surface area is 272 Å². The molecule has 5 heteroatoms. The van der Waals surface area contributed by atoms with Gasteiger partial charge < -0.3 is 14.6 Å². The number of hydrogen-bond acceptors (Lipinski definition) is 4. The number of esters is 1. The number of aliphatic hydroxyl groups excluding tert-OH is 1. The van der Waals surface area contributed by atoms with E-state index in [-0.39, 0.29) is 19.1 Å². The van der Waals surface area contributed by atoms with Crippen LogP contribution in [0, 0.1) is 5.92 Å². The summed E-state index contributed by atoms with van der Waals surface area (Å²) in [6, 6.07) is 27.9. The minimum Gasteiger partial charge on any atom is -0.494 e. The third kappa shape index (κ3) is 10.2. The molecule has 0 spiro atoms. The second-order valence-electron chi connectivity index (χ2n) is 13.8. The second-order valence-corrected chi connectivity index (χ2v) is 19.1. The van der Waals surface area contributed by atoms with Crippen molar-refractivity contribution in [2.75, 3.05) is 19.8 Å². The van der Waals surface area contributed by atoms with E-state index in [4.69, 9.17) is 9.47 Å². The standard InChI is InChI=1S/C40H54O4Si/c1-6-7-27-45(4,5)39-24-20-37(21-25-39)35-16-12-33(13-17-35)32-10-14-34(15-11-32)36-18-22-38(23-19-36)43-26-8-9-31(28-41)29-44-40(42)30(2)3/h10-19,22-23,31,37,39,41H,2,6-9,20-21,24-29H2,1,3-5H3. The predicted molar refractivity (Wildman–Crippen MR) is 191 cm³/mol. The zero-order valence-electron chi connectivity index (χ0n) is 28.0. The fourth-order valence-electron chi connectivity index (χ4n) is 6.70. The monoisotopic (exact) mass is 626 g/mol. The summed E-state index contributed by atoms with van der Waals surface area (Å²) in [6.07, 6.45) is 9.77. The van der Waals surface area contributed by atoms with Crippen LogP contribution in [0.2, 0.25) is 24.7 Å². The maximum atomic E-state index is 11.6. The molecule has 0 bridgehead atoms. The van der Waals surface area contributed by atoms with Gasteiger partial charge in [0.05, 0.1) is 21.3 Å². The molecule has 0 amide bonds. The van der Waals surface area contributed by atoms with Crippen LogP contribution in [0.5, 0.6) is 5.75 Å². The second kappa shape index (κ2) is 17.0. The first-order chi connectivity index (χ1) is 21.7. The third-order valence-electron chi connectivity index (χ3n) is 9.88. The Bertz CT molecular complexity index is 1340. The first-order valence-corrected chi connectivity index (χ1v) is 20.4. The van der Waals surface area contributed by atoms with Gasteiger partial charge in [-0.3, -0.25) is 0 Å². The topological polar surface area (TPSA) is 55.8 Å². The van der Waals surface area contributed by atoms with Crippen LogP contribution >= 0.6 is 0 Å². The van der Waals surface area contributed by atoms with Crippen LogP contribution in [-0.2, 0) is 9.53 Å². The Balaban J connectivity index is 1.23. The van der Waals surface area contributed by atoms with Crippen LogP contribution in [0.3, 0.4) is 0 Å². The normalized spacial score (nSPS) is 17.4. The van der Waals surface area contributed by atoms with Gasteiger partial charge in [-0.15, -0.1) is 0 Å². The SMILES string of the molecule is C=C(C)C(=O)OCC(CO)CCCOc1ccc(-c2ccc(-c3ccc(C4CCC([Si](C)(C)CCCC)CC4)cc3)cc2)cc1. The van der Waals surface area contributed by atoms with Crippen LogP contribution in [0.15, 0.2) is 84.9 Å². The zero-order chi connectivity index (χ0) is 32.2. The molecule has 1 fully saturated rings. The molecule has 1 atom stereocenters. The zero-order valence-corrected chi connectivity index (χ0v) is 29.0. The molecule has 1 saturated carbocycles. The molecular formula is C40H54O4Si. The average Bonchev–Trinajstić information content (AvgIpc) is 3.07. The molecule has 4 nitrogen and oxygen atoms in total. The number of unbranched alkanes of at least 4 members (excludes halogenated alkanes) is 1. The predicted octanol–water partition coefficient (Wildman–Crippen LogP) is 10.4. The van der Waals surface area contributed by atoms with Crippen molar-refractivity contribution in [2.45, 2.75) is 95.8 Å². The van der Waals surface area contributed by atoms with Crippen molar-refractivity contribution >= 4 is 14.0 Å². The molecule has 0 saturated heterocycles. The lowest BCUT2D eigenvalue weighted by Gasteiger charge is -2.38. The number of rotatable bonds is 16. The van der Waals surface area contributed by atoms with Crippen molar-refractivity contribution in [3.05, 3.63) is 90.5 Å². The number of benzene rings is 3. The summed E-state index contributed by atoms with van der Waals surface area (Å²) in [6.45, 7) is 13.5. The Morgan fingerprint density at radius 1 is 0.867 bits per heavy atom. The van der Waals surface area contributed by atoms with Gasteiger partial charge in [0.25, 0.3) is 0 Å². The lowest BCUT2D eigenvalue weighted by Crippen LogP contribution is -2.34. The lowest BCUT2D eigenvalue weighted by atomic mass is 9.83. The van der Waals surface area contributed by atoms with E-state index in [0.29, 0.717) is 18.6 Å². The van der Waals surface area contributed by atoms with E-state index in [2.05, 4.69) is 87.3 Å². The van der Waals surface area contributed by atoms with Gasteiger partial charge in [-0.2, -0.15) is 0 Å². The van der Waals surface area contributed by atoms with Crippen molar-refractivity contribution in [3.63, 3.8) is 0 Å². The van der Waals surface area contributed by atoms with E-state index >= 15 is 0 Å². The van der Waals surface area contributed by atoms with E-state index in [1.165, 1.54) is 66.8 Å². The molecule has 4 rings (SSSR count). The molecule has 0 aliphatic heterocycles. The highest BCUT2D eigenvalue weighted by molar-refractivity contribution is 6.78. The van der Waals surface area contributed by atoms with Crippen molar-refractivity contribution in [2.24, 2.45) is 5.92 Å². The number of ether oxygens (including phenoxy) is 2. The van der Waals surface area contributed by atoms with E-state index in [1.54, 1.807) is 6.92 Å². The third-order valence-corrected chi connectivity index (χ3v) is 14.3. The Morgan fingerprint density at radius 3 is 1.91 bits per heavy atom. The van der Waals surface area contributed by atoms with E-state index in [0.717, 1.165) is 29.2 Å². The highest BCUT2D eigenvalue weighted by Gasteiger charge is 2.34. The number of hydrogen-bond donors (Lipinski definition) is 1. The van der Waals surface area contributed by atoms with Crippen LogP contribution in [0.4, 0.5) is 0 Å². The van der Waals surface area contributed by atoms with Crippen molar-refractivity contribution < 1.29 is 19.4 Å². The smallest absolute Gasteiger partial charge is 0.333 e. The quantitative estimate of drug-likeness (QED) is 0.0744. The van der Waals surface area contributed by atoms with Crippen LogP contribution < -0.4 is 4.74 Å². The van der Waals surface area contributed by atoms with Gasteiger partial charge >= 0.3 is 5.97 Å². The minimum atomic E-state index is -1.09. The molecule has 0 heterocycles. The molecule has 1 unspecified atom stereocenters. The molecule has 0 aromatic heterocycles. The van der Waals surface area contributed by atoms with Gasteiger partial charge in [0.15, 0.2) is 0 Å². The van der Waals surface area contributed by atoms with Crippen LogP contribution in [0.1, 0.15) is 76.7 Å². The Morgan fingerprint density at radius 2 is 1.40 bits per heavy atom. The molecule has 1 aliphatic carbocycles. The van der Waals surface area contributed by atoms with Crippen LogP contribution in [0.25, 0.3) is 22.3 Å². The summed E-state index contributed by atoms with van der Waals surface area (Å²) in [5.41, 5.74) is 7.73. The highest BCUT2D eigenvalue weighted by Crippen LogP contribution is 2.45. The van der Waals surface area contributed by atoms with Crippen molar-refractivity contribution in [1.29, 1.82) is 0 Å². The number of carbonyl (C=O) groups is 1. The molecule has 242 valence electrons. The maximum Gasteiger partial charge on any atom is 0.333 e. The number of aliphatic hydroxyl groups is 1. The molecule has 1 aliphatic rings. The molecule has 3 aromatic carbocycles. The molecule has 1 N–H and O–H groups in total. The number of carbonyl (C=O) groups excluding carboxylic acids is 1. The fourth-order valence-corrected chi connectivity index (χ4v) is 10.3. The first kappa shape index (κ1) is 34.7. The summed E-state index contributed by atoms with van der Waals surface area (Å²) in [5.74, 6) is 1.02. The summed E-state index contributed by atoms with van der Waals surface area (Å²) >= 11 is 0. The van der Waals surface area contributed by atoms with Crippen molar-refractivity contribution in [3.8, 4) is 28.0 Å². The maximum absolute atomic E-state index is 11.6.